The predicted octanol–water partition coefficient (Wildman–Crippen LogP) is 9.65. The van der Waals surface area contributed by atoms with Crippen LogP contribution in [0.2, 0.25) is 0 Å². The monoisotopic (exact) mass is 804 g/mol. The third kappa shape index (κ3) is 12.6. The Hall–Kier alpha value is -4.76. The molecule has 0 unspecified atom stereocenters. The molecule has 0 atom stereocenters. The van der Waals surface area contributed by atoms with Crippen molar-refractivity contribution in [3.8, 4) is 33.6 Å². The van der Waals surface area contributed by atoms with Gasteiger partial charge in [0.2, 0.25) is 0 Å². The highest BCUT2D eigenvalue weighted by Gasteiger charge is 2.16. The van der Waals surface area contributed by atoms with E-state index in [9.17, 15) is 9.59 Å². The molecule has 2 aromatic carbocycles. The minimum atomic E-state index is -0.741. The van der Waals surface area contributed by atoms with Crippen LogP contribution in [-0.2, 0) is 32.2 Å². The fourth-order valence-electron chi connectivity index (χ4n) is 6.27. The summed E-state index contributed by atoms with van der Waals surface area (Å²) in [6, 6.07) is 18.2. The number of unbranched alkanes of at least 4 members (excludes halogenated alkanes) is 4. The summed E-state index contributed by atoms with van der Waals surface area (Å²) < 4.78 is 26.7. The number of hydrogen-bond acceptors (Lipinski definition) is 10. The Morgan fingerprint density at radius 2 is 1.20 bits per heavy atom. The molecule has 56 heavy (non-hydrogen) atoms. The molecular formula is C42H52N4O8S2. The molecular weight excluding hydrogens is 753 g/mol. The first-order chi connectivity index (χ1) is 27.4. The Kier molecular flexibility index (Phi) is 17.2. The van der Waals surface area contributed by atoms with Crippen LogP contribution < -0.4 is 9.47 Å². The smallest absolute Gasteiger partial charge is 0.303 e. The van der Waals surface area contributed by atoms with Crippen molar-refractivity contribution < 1.29 is 38.7 Å². The molecule has 4 aromatic heterocycles. The molecule has 0 aliphatic rings. The summed E-state index contributed by atoms with van der Waals surface area (Å²) in [5, 5.41) is 23.6. The first-order valence-corrected chi connectivity index (χ1v) is 20.9. The highest BCUT2D eigenvalue weighted by Crippen LogP contribution is 2.31. The Morgan fingerprint density at radius 1 is 0.643 bits per heavy atom. The van der Waals surface area contributed by atoms with E-state index in [4.69, 9.17) is 39.1 Å². The molecule has 6 aromatic rings. The number of nitrogens with zero attached hydrogens (tertiary/aromatic N) is 4. The first kappa shape index (κ1) is 42.4. The Balaban J connectivity index is 0.000000214. The van der Waals surface area contributed by atoms with Crippen LogP contribution in [0.1, 0.15) is 64.2 Å². The van der Waals surface area contributed by atoms with Crippen LogP contribution in [0.5, 0.6) is 11.5 Å². The summed E-state index contributed by atoms with van der Waals surface area (Å²) in [5.41, 5.74) is 5.14. The van der Waals surface area contributed by atoms with E-state index in [2.05, 4.69) is 37.4 Å². The number of aromatic nitrogens is 4. The lowest BCUT2D eigenvalue weighted by Gasteiger charge is -2.10. The molecule has 4 heterocycles. The molecule has 0 saturated carbocycles. The van der Waals surface area contributed by atoms with Gasteiger partial charge in [0.1, 0.15) is 17.3 Å². The molecule has 0 aliphatic carbocycles. The van der Waals surface area contributed by atoms with Crippen molar-refractivity contribution in [1.29, 1.82) is 0 Å². The zero-order valence-corrected chi connectivity index (χ0v) is 33.8. The average Bonchev–Trinajstić information content (AvgIpc) is 4.02. The number of ether oxygens (including phenoxy) is 4. The number of rotatable bonds is 24. The lowest BCUT2D eigenvalue weighted by atomic mass is 10.2. The van der Waals surface area contributed by atoms with E-state index >= 15 is 0 Å². The van der Waals surface area contributed by atoms with Crippen LogP contribution in [0.3, 0.4) is 0 Å². The van der Waals surface area contributed by atoms with Crippen molar-refractivity contribution in [3.05, 3.63) is 70.7 Å². The standard InChI is InChI=1S/2C21H26N2O4S/c1-26-12-6-11-23-18-15-16(27-13-4-2-3-8-20(24)25)9-10-17(18)22-21(23)19-7-5-14-28-19;1-26-11-5-10-23-19-14-17(27-12-4-2-3-6-20(24)25)7-8-18(19)22-21(23)16-9-13-28-15-16/h5,7,9-10,14-15H,2-4,6,8,11-13H2,1H3,(H,24,25);7-9,13-15H,2-6,10-12H2,1H3,(H,24,25). The Bertz CT molecular complexity index is 1930. The highest BCUT2D eigenvalue weighted by molar-refractivity contribution is 7.13. The van der Waals surface area contributed by atoms with Crippen molar-refractivity contribution in [1.82, 2.24) is 19.1 Å². The minimum absolute atomic E-state index is 0.220. The largest absolute Gasteiger partial charge is 0.494 e. The van der Waals surface area contributed by atoms with Crippen molar-refractivity contribution in [2.75, 3.05) is 40.6 Å². The lowest BCUT2D eigenvalue weighted by Crippen LogP contribution is -2.03. The van der Waals surface area contributed by atoms with E-state index < -0.39 is 11.9 Å². The first-order valence-electron chi connectivity index (χ1n) is 19.1. The molecule has 0 saturated heterocycles. The number of thiophene rings is 2. The number of aryl methyl sites for hydroxylation is 2. The maximum atomic E-state index is 10.5. The van der Waals surface area contributed by atoms with Gasteiger partial charge in [0.15, 0.2) is 5.82 Å². The van der Waals surface area contributed by atoms with Crippen LogP contribution >= 0.6 is 22.7 Å². The van der Waals surface area contributed by atoms with Crippen LogP contribution in [0.4, 0.5) is 0 Å². The minimum Gasteiger partial charge on any atom is -0.494 e. The molecule has 0 amide bonds. The van der Waals surface area contributed by atoms with Gasteiger partial charge in [0.25, 0.3) is 0 Å². The molecule has 6 rings (SSSR count). The van der Waals surface area contributed by atoms with Gasteiger partial charge in [0, 0.05) is 76.4 Å². The highest BCUT2D eigenvalue weighted by atomic mass is 32.1. The van der Waals surface area contributed by atoms with Crippen molar-refractivity contribution in [2.45, 2.75) is 77.3 Å². The van der Waals surface area contributed by atoms with E-state index in [0.717, 1.165) is 107 Å². The van der Waals surface area contributed by atoms with Gasteiger partial charge in [-0.05, 0) is 98.5 Å². The third-order valence-electron chi connectivity index (χ3n) is 9.03. The molecule has 0 bridgehead atoms. The van der Waals surface area contributed by atoms with Crippen LogP contribution in [-0.4, -0.2) is 81.9 Å². The zero-order valence-electron chi connectivity index (χ0n) is 32.2. The lowest BCUT2D eigenvalue weighted by molar-refractivity contribution is -0.138. The maximum absolute atomic E-state index is 10.5. The molecule has 2 N–H and O–H groups in total. The number of hydrogen-bond donors (Lipinski definition) is 2. The molecule has 12 nitrogen and oxygen atoms in total. The van der Waals surface area contributed by atoms with E-state index in [-0.39, 0.29) is 12.8 Å². The summed E-state index contributed by atoms with van der Waals surface area (Å²) >= 11 is 3.35. The predicted molar refractivity (Wildman–Crippen MR) is 222 cm³/mol. The molecule has 0 radical (unpaired) electrons. The van der Waals surface area contributed by atoms with Crippen molar-refractivity contribution in [2.24, 2.45) is 0 Å². The van der Waals surface area contributed by atoms with Crippen LogP contribution in [0.25, 0.3) is 44.2 Å². The molecule has 0 fully saturated rings. The second kappa shape index (κ2) is 22.7. The van der Waals surface area contributed by atoms with E-state index in [1.165, 1.54) is 0 Å². The average molecular weight is 805 g/mol. The summed E-state index contributed by atoms with van der Waals surface area (Å²) in [6.07, 6.45) is 7.04. The SMILES string of the molecule is COCCCn1c(-c2cccs2)nc2ccc(OCCCCCC(=O)O)cc21.COCCCn1c(-c2ccsc2)nc2ccc(OCCCCCC(=O)O)cc21. The number of methoxy groups -OCH3 is 2. The van der Waals surface area contributed by atoms with Gasteiger partial charge < -0.3 is 38.3 Å². The maximum Gasteiger partial charge on any atom is 0.303 e. The normalized spacial score (nSPS) is 11.2. The molecule has 0 aliphatic heterocycles. The quantitative estimate of drug-likeness (QED) is 0.0567. The number of imidazole rings is 2. The van der Waals surface area contributed by atoms with Gasteiger partial charge in [-0.3, -0.25) is 9.59 Å². The summed E-state index contributed by atoms with van der Waals surface area (Å²) in [6.45, 7) is 4.23. The number of aliphatic carboxylic acids is 2. The van der Waals surface area contributed by atoms with Gasteiger partial charge in [-0.1, -0.05) is 6.07 Å². The number of carbonyl (C=O) groups is 2. The van der Waals surface area contributed by atoms with Gasteiger partial charge in [-0.25, -0.2) is 9.97 Å². The van der Waals surface area contributed by atoms with Gasteiger partial charge in [0.05, 0.1) is 40.2 Å². The Labute approximate surface area is 335 Å². The number of carboxylic acid groups (broad SMARTS) is 2. The van der Waals surface area contributed by atoms with Crippen molar-refractivity contribution >= 4 is 56.7 Å². The number of carboxylic acids is 2. The number of fused-ring (bicyclic) bond motifs is 2. The van der Waals surface area contributed by atoms with Gasteiger partial charge in [-0.2, -0.15) is 11.3 Å². The van der Waals surface area contributed by atoms with Gasteiger partial charge >= 0.3 is 11.9 Å². The van der Waals surface area contributed by atoms with E-state index in [1.54, 1.807) is 36.9 Å². The fourth-order valence-corrected chi connectivity index (χ4v) is 7.62. The topological polar surface area (TPSA) is 147 Å². The number of benzene rings is 2. The summed E-state index contributed by atoms with van der Waals surface area (Å²) in [5.74, 6) is 2.10. The van der Waals surface area contributed by atoms with Crippen molar-refractivity contribution in [3.63, 3.8) is 0 Å². The van der Waals surface area contributed by atoms with Crippen LogP contribution in [0, 0.1) is 0 Å². The summed E-state index contributed by atoms with van der Waals surface area (Å²) in [4.78, 5) is 31.9. The molecule has 300 valence electrons. The Morgan fingerprint density at radius 3 is 1.68 bits per heavy atom. The molecule has 0 spiro atoms. The second-order valence-corrected chi connectivity index (χ2v) is 15.0. The van der Waals surface area contributed by atoms with E-state index in [1.807, 2.05) is 42.5 Å². The zero-order chi connectivity index (χ0) is 39.5. The third-order valence-corrected chi connectivity index (χ3v) is 10.6. The second-order valence-electron chi connectivity index (χ2n) is 13.3. The molecule has 14 heteroatoms. The van der Waals surface area contributed by atoms with Crippen LogP contribution in [0.15, 0.2) is 70.7 Å². The summed E-state index contributed by atoms with van der Waals surface area (Å²) in [7, 11) is 3.43. The fraction of sp³-hybridized carbons (Fsp3) is 0.429. The van der Waals surface area contributed by atoms with Gasteiger partial charge in [-0.15, -0.1) is 11.3 Å². The van der Waals surface area contributed by atoms with E-state index in [0.29, 0.717) is 39.3 Å².